The van der Waals surface area contributed by atoms with E-state index in [1.54, 1.807) is 23.4 Å². The quantitative estimate of drug-likeness (QED) is 0.733. The van der Waals surface area contributed by atoms with Crippen LogP contribution in [0.4, 0.5) is 5.69 Å². The van der Waals surface area contributed by atoms with Crippen LogP contribution < -0.4 is 10.2 Å². The van der Waals surface area contributed by atoms with Gasteiger partial charge in [0.05, 0.1) is 0 Å². The summed E-state index contributed by atoms with van der Waals surface area (Å²) in [7, 11) is 0. The van der Waals surface area contributed by atoms with E-state index in [-0.39, 0.29) is 17.5 Å². The fourth-order valence-electron chi connectivity index (χ4n) is 2.66. The minimum Gasteiger partial charge on any atom is -0.348 e. The Hall–Kier alpha value is -3.54. The van der Waals surface area contributed by atoms with Crippen molar-refractivity contribution in [1.29, 1.82) is 0 Å². The van der Waals surface area contributed by atoms with Crippen molar-refractivity contribution < 1.29 is 9.59 Å². The molecule has 0 saturated heterocycles. The Balaban J connectivity index is 1.74. The van der Waals surface area contributed by atoms with Crippen molar-refractivity contribution in [2.75, 3.05) is 11.4 Å². The Bertz CT molecular complexity index is 914. The van der Waals surface area contributed by atoms with E-state index in [4.69, 9.17) is 0 Å². The van der Waals surface area contributed by atoms with Gasteiger partial charge in [-0.3, -0.25) is 19.6 Å². The maximum atomic E-state index is 12.9. The summed E-state index contributed by atoms with van der Waals surface area (Å²) in [5.74, 6) is -0.501. The number of nitrogens with zero attached hydrogens (tertiary/aromatic N) is 3. The molecule has 0 bridgehead atoms. The van der Waals surface area contributed by atoms with Crippen molar-refractivity contribution in [2.24, 2.45) is 0 Å². The number of amides is 2. The lowest BCUT2D eigenvalue weighted by atomic mass is 10.2. The molecule has 27 heavy (non-hydrogen) atoms. The van der Waals surface area contributed by atoms with Crippen molar-refractivity contribution in [2.45, 2.75) is 13.5 Å². The van der Waals surface area contributed by atoms with E-state index in [1.165, 1.54) is 12.3 Å². The number of para-hydroxylation sites is 1. The summed E-state index contributed by atoms with van der Waals surface area (Å²) < 4.78 is 0. The topological polar surface area (TPSA) is 75.2 Å². The lowest BCUT2D eigenvalue weighted by Crippen LogP contribution is -2.31. The zero-order chi connectivity index (χ0) is 19.1. The first kappa shape index (κ1) is 18.3. The van der Waals surface area contributed by atoms with Gasteiger partial charge < -0.3 is 10.2 Å². The predicted molar refractivity (Wildman–Crippen MR) is 103 cm³/mol. The van der Waals surface area contributed by atoms with Crippen molar-refractivity contribution in [3.63, 3.8) is 0 Å². The molecule has 0 aliphatic carbocycles. The van der Waals surface area contributed by atoms with Gasteiger partial charge in [-0.1, -0.05) is 18.2 Å². The van der Waals surface area contributed by atoms with Crippen molar-refractivity contribution in [3.8, 4) is 0 Å². The van der Waals surface area contributed by atoms with Crippen LogP contribution in [-0.4, -0.2) is 28.3 Å². The normalized spacial score (nSPS) is 10.3. The van der Waals surface area contributed by atoms with Crippen molar-refractivity contribution in [1.82, 2.24) is 15.3 Å². The monoisotopic (exact) mass is 360 g/mol. The molecule has 0 fully saturated rings. The highest BCUT2D eigenvalue weighted by molar-refractivity contribution is 6.06. The zero-order valence-corrected chi connectivity index (χ0v) is 15.0. The summed E-state index contributed by atoms with van der Waals surface area (Å²) in [6, 6.07) is 16.2. The number of hydrogen-bond donors (Lipinski definition) is 1. The number of hydrogen-bond acceptors (Lipinski definition) is 4. The highest BCUT2D eigenvalue weighted by Gasteiger charge is 2.18. The molecule has 0 aliphatic rings. The van der Waals surface area contributed by atoms with Crippen LogP contribution >= 0.6 is 0 Å². The molecule has 6 nitrogen and oxygen atoms in total. The second kappa shape index (κ2) is 8.71. The van der Waals surface area contributed by atoms with Crippen LogP contribution in [-0.2, 0) is 6.54 Å². The van der Waals surface area contributed by atoms with Gasteiger partial charge in [-0.2, -0.15) is 0 Å². The molecular formula is C21H20N4O2. The van der Waals surface area contributed by atoms with E-state index in [0.717, 1.165) is 11.3 Å². The fraction of sp³-hybridized carbons (Fsp3) is 0.143. The van der Waals surface area contributed by atoms with Gasteiger partial charge in [-0.25, -0.2) is 0 Å². The molecule has 0 radical (unpaired) electrons. The Morgan fingerprint density at radius 1 is 1.00 bits per heavy atom. The highest BCUT2D eigenvalue weighted by atomic mass is 16.2. The van der Waals surface area contributed by atoms with Gasteiger partial charge in [0.1, 0.15) is 5.69 Å². The largest absolute Gasteiger partial charge is 0.348 e. The Labute approximate surface area is 157 Å². The average Bonchev–Trinajstić information content (AvgIpc) is 2.74. The van der Waals surface area contributed by atoms with Gasteiger partial charge >= 0.3 is 0 Å². The van der Waals surface area contributed by atoms with Gasteiger partial charge in [-0.15, -0.1) is 0 Å². The predicted octanol–water partition coefficient (Wildman–Crippen LogP) is 3.07. The molecule has 3 rings (SSSR count). The average molecular weight is 360 g/mol. The first-order valence-electron chi connectivity index (χ1n) is 8.69. The van der Waals surface area contributed by atoms with Crippen LogP contribution in [0.25, 0.3) is 0 Å². The third-order valence-corrected chi connectivity index (χ3v) is 4.07. The van der Waals surface area contributed by atoms with Crippen LogP contribution in [0, 0.1) is 0 Å². The van der Waals surface area contributed by atoms with Gasteiger partial charge in [0.2, 0.25) is 0 Å². The van der Waals surface area contributed by atoms with E-state index in [1.807, 2.05) is 49.4 Å². The number of carbonyl (C=O) groups is 2. The first-order chi connectivity index (χ1) is 13.2. The van der Waals surface area contributed by atoms with Crippen LogP contribution in [0.5, 0.6) is 0 Å². The molecule has 0 atom stereocenters. The Morgan fingerprint density at radius 2 is 1.74 bits per heavy atom. The number of carbonyl (C=O) groups excluding carboxylic acids is 2. The third kappa shape index (κ3) is 4.55. The number of nitrogens with one attached hydrogen (secondary N) is 1. The van der Waals surface area contributed by atoms with Crippen molar-refractivity contribution >= 4 is 17.5 Å². The number of pyridine rings is 2. The first-order valence-corrected chi connectivity index (χ1v) is 8.69. The smallest absolute Gasteiger partial charge is 0.276 e. The minimum atomic E-state index is -0.258. The molecule has 1 N–H and O–H groups in total. The number of anilines is 1. The molecule has 6 heteroatoms. The van der Waals surface area contributed by atoms with E-state index in [0.29, 0.717) is 18.7 Å². The molecule has 2 amide bonds. The summed E-state index contributed by atoms with van der Waals surface area (Å²) >= 11 is 0. The summed E-state index contributed by atoms with van der Waals surface area (Å²) in [4.78, 5) is 35.0. The second-order valence-corrected chi connectivity index (χ2v) is 5.85. The van der Waals surface area contributed by atoms with Gasteiger partial charge in [-0.05, 0) is 48.9 Å². The Kier molecular flexibility index (Phi) is 5.89. The SMILES string of the molecule is CCN(C(=O)c1cc(C(=O)NCc2ccncc2)ccn1)c1ccccc1. The summed E-state index contributed by atoms with van der Waals surface area (Å²) in [6.45, 7) is 2.79. The van der Waals surface area contributed by atoms with Gasteiger partial charge in [0, 0.05) is 42.9 Å². The molecule has 0 spiro atoms. The molecular weight excluding hydrogens is 340 g/mol. The van der Waals surface area contributed by atoms with Crippen molar-refractivity contribution in [3.05, 3.63) is 90.0 Å². The van der Waals surface area contributed by atoms with Gasteiger partial charge in [0.25, 0.3) is 11.8 Å². The molecule has 1 aromatic carbocycles. The highest BCUT2D eigenvalue weighted by Crippen LogP contribution is 2.16. The maximum Gasteiger partial charge on any atom is 0.276 e. The van der Waals surface area contributed by atoms with Gasteiger partial charge in [0.15, 0.2) is 0 Å². The van der Waals surface area contributed by atoms with Crippen LogP contribution in [0.2, 0.25) is 0 Å². The molecule has 0 unspecified atom stereocenters. The summed E-state index contributed by atoms with van der Waals surface area (Å²) in [5, 5.41) is 2.84. The lowest BCUT2D eigenvalue weighted by Gasteiger charge is -2.20. The third-order valence-electron chi connectivity index (χ3n) is 4.07. The van der Waals surface area contributed by atoms with E-state index < -0.39 is 0 Å². The van der Waals surface area contributed by atoms with E-state index in [2.05, 4.69) is 15.3 Å². The minimum absolute atomic E-state index is 0.234. The molecule has 0 saturated carbocycles. The van der Waals surface area contributed by atoms with Crippen LogP contribution in [0.15, 0.2) is 73.2 Å². The summed E-state index contributed by atoms with van der Waals surface area (Å²) in [5.41, 5.74) is 2.37. The number of aromatic nitrogens is 2. The molecule has 2 heterocycles. The number of rotatable bonds is 6. The lowest BCUT2D eigenvalue weighted by molar-refractivity contribution is 0.0950. The standard InChI is InChI=1S/C21H20N4O2/c1-2-25(18-6-4-3-5-7-18)21(27)19-14-17(10-13-23-19)20(26)24-15-16-8-11-22-12-9-16/h3-14H,2,15H2,1H3,(H,24,26). The summed E-state index contributed by atoms with van der Waals surface area (Å²) in [6.07, 6.45) is 4.83. The van der Waals surface area contributed by atoms with Crippen LogP contribution in [0.3, 0.4) is 0 Å². The zero-order valence-electron chi connectivity index (χ0n) is 15.0. The molecule has 3 aromatic rings. The molecule has 0 aliphatic heterocycles. The molecule has 136 valence electrons. The molecule has 2 aromatic heterocycles. The number of benzene rings is 1. The second-order valence-electron chi connectivity index (χ2n) is 5.85. The van der Waals surface area contributed by atoms with E-state index >= 15 is 0 Å². The Morgan fingerprint density at radius 3 is 2.44 bits per heavy atom. The maximum absolute atomic E-state index is 12.9. The van der Waals surface area contributed by atoms with E-state index in [9.17, 15) is 9.59 Å². The van der Waals surface area contributed by atoms with Crippen LogP contribution in [0.1, 0.15) is 33.3 Å². The fourth-order valence-corrected chi connectivity index (χ4v) is 2.66.